The van der Waals surface area contributed by atoms with Crippen molar-refractivity contribution in [2.75, 3.05) is 6.54 Å². The average Bonchev–Trinajstić information content (AvgIpc) is 3.16. The smallest absolute Gasteiger partial charge is 0.255 e. The van der Waals surface area contributed by atoms with Gasteiger partial charge in [-0.25, -0.2) is 4.98 Å². The monoisotopic (exact) mass is 416 g/mol. The Balaban J connectivity index is 1.33. The van der Waals surface area contributed by atoms with Crippen molar-refractivity contribution < 1.29 is 4.79 Å². The van der Waals surface area contributed by atoms with Crippen LogP contribution in [-0.4, -0.2) is 45.2 Å². The summed E-state index contributed by atoms with van der Waals surface area (Å²) in [5, 5.41) is 3.12. The van der Waals surface area contributed by atoms with Crippen LogP contribution in [0.15, 0.2) is 57.5 Å². The van der Waals surface area contributed by atoms with Crippen molar-refractivity contribution >= 4 is 34.4 Å². The van der Waals surface area contributed by atoms with E-state index in [2.05, 4.69) is 43.2 Å². The van der Waals surface area contributed by atoms with E-state index < -0.39 is 0 Å². The molecule has 5 nitrogen and oxygen atoms in total. The largest absolute Gasteiger partial charge is 0.341 e. The molecule has 6 rings (SSSR count). The molecule has 1 atom stereocenters. The van der Waals surface area contributed by atoms with E-state index >= 15 is 0 Å². The zero-order chi connectivity index (χ0) is 20.1. The number of carbonyl (C=O) groups is 1. The van der Waals surface area contributed by atoms with E-state index in [0.717, 1.165) is 67.4 Å². The number of hydrogen-bond donors (Lipinski definition) is 0. The molecule has 0 saturated heterocycles. The first-order chi connectivity index (χ1) is 14.8. The molecule has 30 heavy (non-hydrogen) atoms. The van der Waals surface area contributed by atoms with Crippen molar-refractivity contribution in [1.29, 1.82) is 0 Å². The minimum absolute atomic E-state index is 0.193. The number of thiazole rings is 1. The summed E-state index contributed by atoms with van der Waals surface area (Å²) in [5.74, 6) is 0.193. The van der Waals surface area contributed by atoms with Gasteiger partial charge in [0.05, 0.1) is 24.3 Å². The maximum absolute atomic E-state index is 13.8. The van der Waals surface area contributed by atoms with Gasteiger partial charge in [-0.05, 0) is 61.4 Å². The predicted octanol–water partition coefficient (Wildman–Crippen LogP) is 4.68. The number of aromatic nitrogens is 2. The van der Waals surface area contributed by atoms with Crippen LogP contribution < -0.4 is 0 Å². The van der Waals surface area contributed by atoms with Gasteiger partial charge in [0, 0.05) is 46.3 Å². The van der Waals surface area contributed by atoms with Gasteiger partial charge in [-0.2, -0.15) is 0 Å². The zero-order valence-electron chi connectivity index (χ0n) is 16.8. The Bertz CT molecular complexity index is 1170. The van der Waals surface area contributed by atoms with Crippen LogP contribution >= 0.6 is 11.3 Å². The third-order valence-electron chi connectivity index (χ3n) is 6.65. The number of fused-ring (bicyclic) bond motifs is 1. The third kappa shape index (κ3) is 3.10. The van der Waals surface area contributed by atoms with Gasteiger partial charge in [0.2, 0.25) is 0 Å². The number of nitrogens with zero attached hydrogens (tertiary/aromatic N) is 4. The Morgan fingerprint density at radius 3 is 2.97 bits per heavy atom. The topological polar surface area (TPSA) is 50.5 Å². The van der Waals surface area contributed by atoms with Gasteiger partial charge in [0.25, 0.3) is 5.91 Å². The maximum atomic E-state index is 13.8. The summed E-state index contributed by atoms with van der Waals surface area (Å²) in [6, 6.07) is 8.90. The number of carbonyl (C=O) groups excluding carboxylic acids is 1. The molecule has 0 N–H and O–H groups in total. The molecule has 3 aliphatic rings. The molecule has 3 aromatic rings. The van der Waals surface area contributed by atoms with Crippen molar-refractivity contribution in [3.05, 3.63) is 63.8 Å². The standard InChI is InChI=1S/C24H24N4OS/c29-24(28(19-6-7-19)20-5-4-16-11-25-12-17(16)10-20)22-2-1-3-23-21(22)8-9-27(23)13-18-14-30-15-26-18/h1-3,8-9,12,14-15,19-20H,4-7,10-11,13H2. The summed E-state index contributed by atoms with van der Waals surface area (Å²) in [4.78, 5) is 24.9. The highest BCUT2D eigenvalue weighted by Gasteiger charge is 2.40. The van der Waals surface area contributed by atoms with E-state index in [-0.39, 0.29) is 5.91 Å². The lowest BCUT2D eigenvalue weighted by molar-refractivity contribution is 0.0647. The third-order valence-corrected chi connectivity index (χ3v) is 7.28. The quantitative estimate of drug-likeness (QED) is 0.606. The molecule has 1 unspecified atom stereocenters. The first kappa shape index (κ1) is 18.1. The fourth-order valence-corrected chi connectivity index (χ4v) is 5.54. The van der Waals surface area contributed by atoms with Crippen molar-refractivity contribution in [2.45, 2.75) is 50.7 Å². The SMILES string of the molecule is O=C(c1cccc2c1ccn2Cc1cscn1)N(C1CC1)C1CCC2=C(C=NC2)C1. The van der Waals surface area contributed by atoms with Crippen LogP contribution in [0.1, 0.15) is 48.2 Å². The Kier molecular flexibility index (Phi) is 4.34. The van der Waals surface area contributed by atoms with E-state index in [1.54, 1.807) is 11.3 Å². The van der Waals surface area contributed by atoms with E-state index in [4.69, 9.17) is 0 Å². The first-order valence-corrected chi connectivity index (χ1v) is 11.7. The molecule has 1 saturated carbocycles. The van der Waals surface area contributed by atoms with E-state index in [0.29, 0.717) is 12.1 Å². The molecule has 152 valence electrons. The molecule has 2 aromatic heterocycles. The molecule has 1 fully saturated rings. The number of hydrogen-bond acceptors (Lipinski definition) is 4. The number of benzene rings is 1. The molecule has 0 bridgehead atoms. The highest BCUT2D eigenvalue weighted by molar-refractivity contribution is 7.07. The van der Waals surface area contributed by atoms with Gasteiger partial charge in [-0.1, -0.05) is 6.07 Å². The first-order valence-electron chi connectivity index (χ1n) is 10.8. The van der Waals surface area contributed by atoms with Gasteiger partial charge in [0.1, 0.15) is 0 Å². The number of rotatable bonds is 5. The Morgan fingerprint density at radius 1 is 1.20 bits per heavy atom. The van der Waals surface area contributed by atoms with Gasteiger partial charge >= 0.3 is 0 Å². The van der Waals surface area contributed by atoms with Crippen LogP contribution in [0.3, 0.4) is 0 Å². The molecule has 6 heteroatoms. The minimum Gasteiger partial charge on any atom is -0.341 e. The van der Waals surface area contributed by atoms with Crippen molar-refractivity contribution in [3.63, 3.8) is 0 Å². The van der Waals surface area contributed by atoms with Crippen molar-refractivity contribution in [1.82, 2.24) is 14.5 Å². The molecular formula is C24H24N4OS. The van der Waals surface area contributed by atoms with Gasteiger partial charge < -0.3 is 9.47 Å². The minimum atomic E-state index is 0.193. The molecule has 1 amide bonds. The average molecular weight is 417 g/mol. The summed E-state index contributed by atoms with van der Waals surface area (Å²) in [7, 11) is 0. The fourth-order valence-electron chi connectivity index (χ4n) is 4.99. The summed E-state index contributed by atoms with van der Waals surface area (Å²) in [5.41, 5.74) is 7.70. The van der Waals surface area contributed by atoms with Crippen molar-refractivity contribution in [2.24, 2.45) is 4.99 Å². The highest BCUT2D eigenvalue weighted by atomic mass is 32.1. The Labute approximate surface area is 179 Å². The fraction of sp³-hybridized carbons (Fsp3) is 0.375. The normalized spacial score (nSPS) is 20.7. The number of aliphatic imine (C=N–C) groups is 1. The van der Waals surface area contributed by atoms with Gasteiger partial charge in [0.15, 0.2) is 0 Å². The summed E-state index contributed by atoms with van der Waals surface area (Å²) in [6.45, 7) is 1.60. The molecular weight excluding hydrogens is 392 g/mol. The summed E-state index contributed by atoms with van der Waals surface area (Å²) < 4.78 is 2.19. The van der Waals surface area contributed by atoms with Crippen LogP contribution in [-0.2, 0) is 6.54 Å². The van der Waals surface area contributed by atoms with Crippen LogP contribution in [0.2, 0.25) is 0 Å². The van der Waals surface area contributed by atoms with Crippen LogP contribution in [0.4, 0.5) is 0 Å². The van der Waals surface area contributed by atoms with E-state index in [1.807, 2.05) is 23.9 Å². The van der Waals surface area contributed by atoms with Crippen LogP contribution in [0.5, 0.6) is 0 Å². The maximum Gasteiger partial charge on any atom is 0.255 e. The molecule has 0 radical (unpaired) electrons. The van der Waals surface area contributed by atoms with Crippen LogP contribution in [0.25, 0.3) is 10.9 Å². The van der Waals surface area contributed by atoms with Gasteiger partial charge in [-0.3, -0.25) is 9.79 Å². The lowest BCUT2D eigenvalue weighted by atomic mass is 9.88. The summed E-state index contributed by atoms with van der Waals surface area (Å²) >= 11 is 1.61. The molecule has 2 aliphatic carbocycles. The molecule has 3 heterocycles. The zero-order valence-corrected chi connectivity index (χ0v) is 17.6. The van der Waals surface area contributed by atoms with E-state index in [9.17, 15) is 4.79 Å². The Hall–Kier alpha value is -2.73. The Morgan fingerprint density at radius 2 is 2.13 bits per heavy atom. The lowest BCUT2D eigenvalue weighted by Gasteiger charge is -2.35. The second-order valence-electron chi connectivity index (χ2n) is 8.60. The predicted molar refractivity (Wildman–Crippen MR) is 120 cm³/mol. The lowest BCUT2D eigenvalue weighted by Crippen LogP contribution is -2.43. The van der Waals surface area contributed by atoms with Gasteiger partial charge in [-0.15, -0.1) is 11.3 Å². The molecule has 1 aliphatic heterocycles. The second-order valence-corrected chi connectivity index (χ2v) is 9.32. The highest BCUT2D eigenvalue weighted by Crippen LogP contribution is 2.38. The second kappa shape index (κ2) is 7.20. The summed E-state index contributed by atoms with van der Waals surface area (Å²) in [6.07, 6.45) is 9.47. The van der Waals surface area contributed by atoms with Crippen LogP contribution in [0, 0.1) is 0 Å². The van der Waals surface area contributed by atoms with E-state index in [1.165, 1.54) is 11.1 Å². The number of amides is 1. The molecule has 1 aromatic carbocycles. The van der Waals surface area contributed by atoms with Crippen molar-refractivity contribution in [3.8, 4) is 0 Å². The molecule has 0 spiro atoms.